The number of rotatable bonds is 6. The van der Waals surface area contributed by atoms with Gasteiger partial charge in [-0.3, -0.25) is 24.6 Å². The first-order valence-corrected chi connectivity index (χ1v) is 11.0. The average Bonchev–Trinajstić information content (AvgIpc) is 3.19. The number of nitrogens with zero attached hydrogens (tertiary/aromatic N) is 2. The van der Waals surface area contributed by atoms with Crippen LogP contribution in [0, 0.1) is 5.82 Å². The third kappa shape index (κ3) is 4.53. The highest BCUT2D eigenvalue weighted by molar-refractivity contribution is 6.05. The molecule has 9 heteroatoms. The lowest BCUT2D eigenvalue weighted by molar-refractivity contribution is -0.136. The Morgan fingerprint density at radius 2 is 2.00 bits per heavy atom. The monoisotopic (exact) mass is 471 g/mol. The fourth-order valence-electron chi connectivity index (χ4n) is 4.28. The Hall–Kier alpha value is -3.30. The molecule has 0 unspecified atom stereocenters. The second-order valence-corrected chi connectivity index (χ2v) is 8.31. The van der Waals surface area contributed by atoms with Crippen LogP contribution in [0.25, 0.3) is 0 Å². The zero-order valence-electron chi connectivity index (χ0n) is 22.3. The minimum atomic E-state index is -3.04. The van der Waals surface area contributed by atoms with Crippen LogP contribution in [0.2, 0.25) is 0 Å². The zero-order chi connectivity index (χ0) is 27.2. The minimum Gasteiger partial charge on any atom is -0.488 e. The van der Waals surface area contributed by atoms with Crippen molar-refractivity contribution in [3.8, 4) is 5.75 Å². The van der Waals surface area contributed by atoms with Crippen molar-refractivity contribution in [3.05, 3.63) is 64.5 Å². The second kappa shape index (κ2) is 9.52. The topological polar surface area (TPSA) is 88.2 Å². The van der Waals surface area contributed by atoms with Gasteiger partial charge in [0.15, 0.2) is 0 Å². The van der Waals surface area contributed by atoms with Crippen molar-refractivity contribution in [1.82, 2.24) is 15.1 Å². The molecule has 34 heavy (non-hydrogen) atoms. The van der Waals surface area contributed by atoms with Gasteiger partial charge in [-0.25, -0.2) is 4.39 Å². The molecule has 3 aliphatic heterocycles. The van der Waals surface area contributed by atoms with Crippen LogP contribution in [0.4, 0.5) is 4.39 Å². The van der Waals surface area contributed by atoms with Gasteiger partial charge in [-0.15, -0.1) is 0 Å². The molecule has 0 saturated carbocycles. The van der Waals surface area contributed by atoms with E-state index in [0.29, 0.717) is 30.9 Å². The average molecular weight is 472 g/mol. The normalized spacial score (nSPS) is 25.6. The first-order chi connectivity index (χ1) is 18.0. The van der Waals surface area contributed by atoms with E-state index in [0.717, 1.165) is 23.6 Å². The lowest BCUT2D eigenvalue weighted by atomic mass is 10.0. The Balaban J connectivity index is 1.32. The molecule has 3 heterocycles. The summed E-state index contributed by atoms with van der Waals surface area (Å²) in [5, 5.41) is 1.83. The number of nitrogens with one attached hydrogen (secondary N) is 1. The molecule has 178 valence electrons. The maximum absolute atomic E-state index is 14.8. The van der Waals surface area contributed by atoms with Gasteiger partial charge in [0.25, 0.3) is 5.91 Å². The summed E-state index contributed by atoms with van der Waals surface area (Å²) in [7, 11) is 0. The van der Waals surface area contributed by atoms with Gasteiger partial charge < -0.3 is 14.4 Å². The van der Waals surface area contributed by atoms with Crippen LogP contribution in [-0.4, -0.2) is 59.9 Å². The molecular weight excluding hydrogens is 441 g/mol. The number of halogens is 1. The third-order valence-corrected chi connectivity index (χ3v) is 6.08. The van der Waals surface area contributed by atoms with Crippen molar-refractivity contribution in [2.75, 3.05) is 26.3 Å². The van der Waals surface area contributed by atoms with E-state index >= 15 is 0 Å². The van der Waals surface area contributed by atoms with Crippen molar-refractivity contribution in [1.29, 1.82) is 0 Å². The largest absolute Gasteiger partial charge is 0.488 e. The van der Waals surface area contributed by atoms with Crippen molar-refractivity contribution in [2.45, 2.75) is 38.5 Å². The molecule has 8 nitrogen and oxygen atoms in total. The number of carbonyl (C=O) groups is 3. The Labute approximate surface area is 202 Å². The van der Waals surface area contributed by atoms with Gasteiger partial charge in [0, 0.05) is 48.2 Å². The van der Waals surface area contributed by atoms with Crippen molar-refractivity contribution < 1.29 is 33.7 Å². The van der Waals surface area contributed by atoms with Crippen molar-refractivity contribution >= 4 is 17.7 Å². The summed E-state index contributed by atoms with van der Waals surface area (Å²) < 4.78 is 58.2. The number of hydrogen-bond acceptors (Lipinski definition) is 6. The first-order valence-electron chi connectivity index (χ1n) is 13.0. The maximum atomic E-state index is 14.8. The summed E-state index contributed by atoms with van der Waals surface area (Å²) >= 11 is 0. The number of hydrogen-bond donors (Lipinski definition) is 1. The number of piperidine rings is 1. The Kier molecular flexibility index (Phi) is 5.06. The number of benzene rings is 2. The molecule has 2 aromatic carbocycles. The molecule has 2 aromatic rings. The van der Waals surface area contributed by atoms with Crippen LogP contribution < -0.4 is 10.1 Å². The second-order valence-electron chi connectivity index (χ2n) is 8.31. The van der Waals surface area contributed by atoms with E-state index in [1.807, 2.05) is 11.4 Å². The predicted molar refractivity (Wildman–Crippen MR) is 119 cm³/mol. The number of carbonyl (C=O) groups excluding carboxylic acids is 3. The SMILES string of the molecule is [2H]C1([2H])C(=O)NC(=O)[C@@H](N2Cc3c(OCc4ccc(CN5CCOCC5)cc4F)cccc3C2=O)C1([2H])[2H]. The number of fused-ring (bicyclic) bond motifs is 1. The standard InChI is InChI=1S/C25H26FN3O5/c26-20-12-16(13-28-8-10-33-11-9-28)4-5-17(20)15-34-22-3-1-2-18-19(22)14-29(25(18)32)21-6-7-23(30)27-24(21)31/h1-5,12,21H,6-11,13-15H2,(H,27,30,31)/t21-/m0/s1/i6D2,7D2. The molecule has 3 amide bonds. The summed E-state index contributed by atoms with van der Waals surface area (Å²) in [6.45, 7) is 3.10. The van der Waals surface area contributed by atoms with E-state index in [2.05, 4.69) is 4.90 Å². The molecule has 2 fully saturated rings. The number of ether oxygens (including phenoxy) is 2. The molecule has 0 aliphatic carbocycles. The highest BCUT2D eigenvalue weighted by Gasteiger charge is 2.40. The van der Waals surface area contributed by atoms with Crippen LogP contribution in [0.5, 0.6) is 5.75 Å². The van der Waals surface area contributed by atoms with E-state index < -0.39 is 42.3 Å². The van der Waals surface area contributed by atoms with E-state index in [1.165, 1.54) is 12.1 Å². The van der Waals surface area contributed by atoms with E-state index in [9.17, 15) is 18.8 Å². The smallest absolute Gasteiger partial charge is 0.255 e. The highest BCUT2D eigenvalue weighted by atomic mass is 19.1. The van der Waals surface area contributed by atoms with Gasteiger partial charge in [-0.2, -0.15) is 0 Å². The predicted octanol–water partition coefficient (Wildman–Crippen LogP) is 2.00. The van der Waals surface area contributed by atoms with Crippen molar-refractivity contribution in [2.24, 2.45) is 0 Å². The molecule has 1 atom stereocenters. The molecule has 1 N–H and O–H groups in total. The Morgan fingerprint density at radius 1 is 1.18 bits per heavy atom. The van der Waals surface area contributed by atoms with Crippen LogP contribution in [0.15, 0.2) is 36.4 Å². The number of amides is 3. The van der Waals surface area contributed by atoms with Crippen LogP contribution in [-0.2, 0) is 34.0 Å². The molecule has 0 bridgehead atoms. The molecule has 0 radical (unpaired) electrons. The first kappa shape index (κ1) is 18.1. The lowest BCUT2D eigenvalue weighted by Crippen LogP contribution is -2.52. The molecule has 2 saturated heterocycles. The fraction of sp³-hybridized carbons (Fsp3) is 0.400. The van der Waals surface area contributed by atoms with Gasteiger partial charge in [0.1, 0.15) is 24.2 Å². The molecule has 3 aliphatic rings. The summed E-state index contributed by atoms with van der Waals surface area (Å²) in [5.74, 6) is -3.36. The zero-order valence-corrected chi connectivity index (χ0v) is 18.3. The minimum absolute atomic E-state index is 0.129. The molecule has 5 rings (SSSR count). The molecule has 0 spiro atoms. The Morgan fingerprint density at radius 3 is 2.79 bits per heavy atom. The summed E-state index contributed by atoms with van der Waals surface area (Å²) in [6.07, 6.45) is -6.01. The number of imide groups is 1. The summed E-state index contributed by atoms with van der Waals surface area (Å²) in [4.78, 5) is 40.7. The third-order valence-electron chi connectivity index (χ3n) is 6.08. The van der Waals surface area contributed by atoms with Gasteiger partial charge in [-0.1, -0.05) is 18.2 Å². The lowest BCUT2D eigenvalue weighted by Gasteiger charge is -2.29. The summed E-state index contributed by atoms with van der Waals surface area (Å²) in [6, 6.07) is 7.69. The van der Waals surface area contributed by atoms with Gasteiger partial charge >= 0.3 is 0 Å². The summed E-state index contributed by atoms with van der Waals surface area (Å²) in [5.41, 5.74) is 1.66. The highest BCUT2D eigenvalue weighted by Crippen LogP contribution is 2.34. The quantitative estimate of drug-likeness (QED) is 0.649. The van der Waals surface area contributed by atoms with Gasteiger partial charge in [-0.05, 0) is 30.1 Å². The van der Waals surface area contributed by atoms with Crippen molar-refractivity contribution in [3.63, 3.8) is 0 Å². The number of morpholine rings is 1. The van der Waals surface area contributed by atoms with E-state index in [-0.39, 0.29) is 24.5 Å². The molecule has 0 aromatic heterocycles. The molecular formula is C25H26FN3O5. The maximum Gasteiger partial charge on any atom is 0.255 e. The Bertz CT molecular complexity index is 1300. The fourth-order valence-corrected chi connectivity index (χ4v) is 4.28. The van der Waals surface area contributed by atoms with E-state index in [1.54, 1.807) is 18.2 Å². The van der Waals surface area contributed by atoms with Crippen LogP contribution >= 0.6 is 0 Å². The van der Waals surface area contributed by atoms with Crippen LogP contribution in [0.3, 0.4) is 0 Å². The van der Waals surface area contributed by atoms with Crippen LogP contribution in [0.1, 0.15) is 45.3 Å². The van der Waals surface area contributed by atoms with E-state index in [4.69, 9.17) is 15.0 Å². The van der Waals surface area contributed by atoms with Gasteiger partial charge in [0.05, 0.1) is 19.8 Å². The van der Waals surface area contributed by atoms with Gasteiger partial charge in [0.2, 0.25) is 11.8 Å².